The van der Waals surface area contributed by atoms with Gasteiger partial charge in [0.15, 0.2) is 0 Å². The predicted octanol–water partition coefficient (Wildman–Crippen LogP) is 0.0978. The second-order valence-electron chi connectivity index (χ2n) is 2.00. The van der Waals surface area contributed by atoms with E-state index in [2.05, 4.69) is 0 Å². The molecular weight excluding hydrogens is 121 g/mol. The zero-order valence-corrected chi connectivity index (χ0v) is 4.79. The maximum Gasteiger partial charge on any atom is 0.245 e. The van der Waals surface area contributed by atoms with Crippen LogP contribution in [-0.4, -0.2) is 17.0 Å². The second kappa shape index (κ2) is 1.93. The summed E-state index contributed by atoms with van der Waals surface area (Å²) in [5.74, 6) is -2.35. The molecule has 1 rings (SSSR count). The highest BCUT2D eigenvalue weighted by atomic mass is 19.2. The van der Waals surface area contributed by atoms with Crippen LogP contribution < -0.4 is 5.73 Å². The fourth-order valence-electron chi connectivity index (χ4n) is 0.620. The molecule has 0 amide bonds. The van der Waals surface area contributed by atoms with Crippen molar-refractivity contribution < 1.29 is 9.50 Å². The molecule has 0 fully saturated rings. The van der Waals surface area contributed by atoms with Crippen molar-refractivity contribution in [3.63, 3.8) is 0 Å². The molecule has 0 radical (unpaired) electrons. The highest BCUT2D eigenvalue weighted by Crippen LogP contribution is 2.16. The van der Waals surface area contributed by atoms with Crippen molar-refractivity contribution in [1.82, 2.24) is 0 Å². The molecule has 0 bridgehead atoms. The summed E-state index contributed by atoms with van der Waals surface area (Å²) in [6.45, 7) is 0. The number of allylic oxidation sites excluding steroid dienone is 2. The van der Waals surface area contributed by atoms with Gasteiger partial charge in [0.25, 0.3) is 0 Å². The van der Waals surface area contributed by atoms with Gasteiger partial charge in [-0.2, -0.15) is 0 Å². The maximum atomic E-state index is 12.6. The Hall–Kier alpha value is -0.670. The van der Waals surface area contributed by atoms with Crippen LogP contribution in [-0.2, 0) is 0 Å². The van der Waals surface area contributed by atoms with Gasteiger partial charge in [0, 0.05) is 0 Å². The van der Waals surface area contributed by atoms with Gasteiger partial charge in [0.2, 0.25) is 5.85 Å². The van der Waals surface area contributed by atoms with E-state index in [1.54, 1.807) is 6.08 Å². The van der Waals surface area contributed by atoms with Crippen LogP contribution in [0.3, 0.4) is 0 Å². The molecule has 2 nitrogen and oxygen atoms in total. The molecular formula is C6H8FNO. The van der Waals surface area contributed by atoms with Crippen LogP contribution >= 0.6 is 0 Å². The number of rotatable bonds is 0. The van der Waals surface area contributed by atoms with Crippen molar-refractivity contribution in [2.24, 2.45) is 5.73 Å². The van der Waals surface area contributed by atoms with E-state index in [0.717, 1.165) is 6.08 Å². The van der Waals surface area contributed by atoms with E-state index in [1.807, 2.05) is 0 Å². The number of halogens is 1. The minimum atomic E-state index is -2.35. The molecule has 0 spiro atoms. The lowest BCUT2D eigenvalue weighted by atomic mass is 10.1. The summed E-state index contributed by atoms with van der Waals surface area (Å²) in [4.78, 5) is 0. The van der Waals surface area contributed by atoms with Crippen LogP contribution in [0.15, 0.2) is 24.3 Å². The van der Waals surface area contributed by atoms with Gasteiger partial charge < -0.3 is 10.8 Å². The largest absolute Gasteiger partial charge is 0.357 e. The Kier molecular flexibility index (Phi) is 1.38. The number of alkyl halides is 1. The summed E-state index contributed by atoms with van der Waals surface area (Å²) in [6.07, 6.45) is 5.44. The molecule has 0 aliphatic heterocycles. The average molecular weight is 129 g/mol. The summed E-state index contributed by atoms with van der Waals surface area (Å²) in [5, 5.41) is 8.71. The molecule has 9 heavy (non-hydrogen) atoms. The van der Waals surface area contributed by atoms with Crippen LogP contribution in [0.5, 0.6) is 0 Å². The zero-order valence-electron chi connectivity index (χ0n) is 4.79. The molecule has 0 aromatic carbocycles. The van der Waals surface area contributed by atoms with E-state index in [4.69, 9.17) is 10.8 Å². The standard InChI is InChI=1S/C6H8FNO/c7-6(9)4-2-1-3-5(6)8/h1-5,9H,8H2. The SMILES string of the molecule is NC1C=CC=CC1(O)F. The van der Waals surface area contributed by atoms with Crippen LogP contribution in [0.4, 0.5) is 4.39 Å². The van der Waals surface area contributed by atoms with Gasteiger partial charge in [-0.1, -0.05) is 18.2 Å². The van der Waals surface area contributed by atoms with Crippen molar-refractivity contribution in [2.75, 3.05) is 0 Å². The lowest BCUT2D eigenvalue weighted by Crippen LogP contribution is -2.42. The lowest BCUT2D eigenvalue weighted by Gasteiger charge is -2.21. The summed E-state index contributed by atoms with van der Waals surface area (Å²) in [7, 11) is 0. The first-order valence-electron chi connectivity index (χ1n) is 2.66. The monoisotopic (exact) mass is 129 g/mol. The number of aliphatic hydroxyl groups is 1. The van der Waals surface area contributed by atoms with E-state index < -0.39 is 11.9 Å². The summed E-state index contributed by atoms with van der Waals surface area (Å²) >= 11 is 0. The molecule has 1 aliphatic rings. The third kappa shape index (κ3) is 1.17. The van der Waals surface area contributed by atoms with Gasteiger partial charge in [-0.05, 0) is 6.08 Å². The van der Waals surface area contributed by atoms with Crippen molar-refractivity contribution in [3.8, 4) is 0 Å². The van der Waals surface area contributed by atoms with Gasteiger partial charge in [0.1, 0.15) is 0 Å². The minimum absolute atomic E-state index is 0.928. The number of hydrogen-bond acceptors (Lipinski definition) is 2. The topological polar surface area (TPSA) is 46.2 Å². The Labute approximate surface area is 52.5 Å². The van der Waals surface area contributed by atoms with Crippen LogP contribution in [0.1, 0.15) is 0 Å². The predicted molar refractivity (Wildman–Crippen MR) is 32.3 cm³/mol. The second-order valence-corrected chi connectivity index (χ2v) is 2.00. The van der Waals surface area contributed by atoms with E-state index in [1.165, 1.54) is 12.2 Å². The third-order valence-corrected chi connectivity index (χ3v) is 1.23. The summed E-state index contributed by atoms with van der Waals surface area (Å²) < 4.78 is 12.6. The Morgan fingerprint density at radius 2 is 2.22 bits per heavy atom. The van der Waals surface area contributed by atoms with Crippen LogP contribution in [0.25, 0.3) is 0 Å². The highest BCUT2D eigenvalue weighted by molar-refractivity contribution is 5.20. The molecule has 3 heteroatoms. The Morgan fingerprint density at radius 1 is 1.56 bits per heavy atom. The highest BCUT2D eigenvalue weighted by Gasteiger charge is 2.30. The zero-order chi connectivity index (χ0) is 6.91. The van der Waals surface area contributed by atoms with Gasteiger partial charge >= 0.3 is 0 Å². The third-order valence-electron chi connectivity index (χ3n) is 1.23. The number of hydrogen-bond donors (Lipinski definition) is 2. The summed E-state index contributed by atoms with van der Waals surface area (Å²) in [5.41, 5.74) is 5.15. The molecule has 1 aliphatic carbocycles. The van der Waals surface area contributed by atoms with E-state index >= 15 is 0 Å². The van der Waals surface area contributed by atoms with Crippen LogP contribution in [0.2, 0.25) is 0 Å². The molecule has 0 heterocycles. The quantitative estimate of drug-likeness (QED) is 0.487. The molecule has 0 saturated carbocycles. The van der Waals surface area contributed by atoms with Crippen LogP contribution in [0, 0.1) is 0 Å². The van der Waals surface area contributed by atoms with Crippen molar-refractivity contribution in [1.29, 1.82) is 0 Å². The van der Waals surface area contributed by atoms with Crippen molar-refractivity contribution in [2.45, 2.75) is 11.9 Å². The van der Waals surface area contributed by atoms with Gasteiger partial charge in [-0.3, -0.25) is 0 Å². The number of nitrogens with two attached hydrogens (primary N) is 1. The van der Waals surface area contributed by atoms with E-state index in [9.17, 15) is 4.39 Å². The van der Waals surface area contributed by atoms with Gasteiger partial charge in [-0.15, -0.1) is 0 Å². The Morgan fingerprint density at radius 3 is 2.56 bits per heavy atom. The fourth-order valence-corrected chi connectivity index (χ4v) is 0.620. The first kappa shape index (κ1) is 6.45. The first-order chi connectivity index (χ1) is 4.13. The van der Waals surface area contributed by atoms with Gasteiger partial charge in [0.05, 0.1) is 6.04 Å². The summed E-state index contributed by atoms with van der Waals surface area (Å²) in [6, 6.07) is -0.928. The Bertz CT molecular complexity index is 162. The smallest absolute Gasteiger partial charge is 0.245 e. The molecule has 0 saturated heterocycles. The molecule has 50 valence electrons. The average Bonchev–Trinajstić information content (AvgIpc) is 1.77. The minimum Gasteiger partial charge on any atom is -0.357 e. The normalized spacial score (nSPS) is 41.4. The van der Waals surface area contributed by atoms with Crippen molar-refractivity contribution in [3.05, 3.63) is 24.3 Å². The van der Waals surface area contributed by atoms with Gasteiger partial charge in [-0.25, -0.2) is 4.39 Å². The molecule has 0 aromatic heterocycles. The maximum absolute atomic E-state index is 12.6. The molecule has 3 N–H and O–H groups in total. The lowest BCUT2D eigenvalue weighted by molar-refractivity contribution is -0.0517. The van der Waals surface area contributed by atoms with Crippen molar-refractivity contribution >= 4 is 0 Å². The first-order valence-corrected chi connectivity index (χ1v) is 2.66. The molecule has 0 aromatic rings. The molecule has 2 atom stereocenters. The van der Waals surface area contributed by atoms with E-state index in [-0.39, 0.29) is 0 Å². The Balaban J connectivity index is 2.78. The fraction of sp³-hybridized carbons (Fsp3) is 0.333. The van der Waals surface area contributed by atoms with E-state index in [0.29, 0.717) is 0 Å². The molecule has 2 unspecified atom stereocenters.